The molecule has 1 saturated carbocycles. The molecule has 0 atom stereocenters. The van der Waals surface area contributed by atoms with Gasteiger partial charge in [0.25, 0.3) is 0 Å². The average Bonchev–Trinajstić information content (AvgIpc) is 2.88. The topological polar surface area (TPSA) is 85.5 Å². The first-order chi connectivity index (χ1) is 9.16. The highest BCUT2D eigenvalue weighted by Crippen LogP contribution is 2.38. The molecule has 1 fully saturated rings. The quantitative estimate of drug-likeness (QED) is 0.857. The van der Waals surface area contributed by atoms with E-state index in [9.17, 15) is 4.79 Å². The number of aromatic nitrogens is 2. The Labute approximate surface area is 115 Å². The van der Waals surface area contributed by atoms with E-state index in [4.69, 9.17) is 14.4 Å². The van der Waals surface area contributed by atoms with Crippen molar-refractivity contribution in [2.24, 2.45) is 0 Å². The van der Waals surface area contributed by atoms with Crippen molar-refractivity contribution in [3.05, 3.63) is 11.7 Å². The number of hydrogen-bond donors (Lipinski definition) is 1. The van der Waals surface area contributed by atoms with Crippen LogP contribution in [0.1, 0.15) is 43.8 Å². The zero-order valence-corrected chi connectivity index (χ0v) is 11.7. The normalized spacial score (nSPS) is 18.4. The van der Waals surface area contributed by atoms with Crippen LogP contribution in [0.15, 0.2) is 4.52 Å². The SMILES string of the molecule is COC1(c2noc(CSCC(=O)O)n2)CCCCC1. The summed E-state index contributed by atoms with van der Waals surface area (Å²) in [5.74, 6) is 0.668. The maximum absolute atomic E-state index is 10.4. The van der Waals surface area contributed by atoms with Gasteiger partial charge in [-0.2, -0.15) is 4.98 Å². The summed E-state index contributed by atoms with van der Waals surface area (Å²) in [7, 11) is 1.68. The Balaban J connectivity index is 2.00. The molecule has 0 amide bonds. The van der Waals surface area contributed by atoms with Crippen molar-refractivity contribution in [3.63, 3.8) is 0 Å². The molecule has 1 aliphatic carbocycles. The zero-order chi connectivity index (χ0) is 13.7. The van der Waals surface area contributed by atoms with E-state index < -0.39 is 11.6 Å². The molecule has 0 radical (unpaired) electrons. The molecule has 6 nitrogen and oxygen atoms in total. The van der Waals surface area contributed by atoms with Crippen LogP contribution in [0, 0.1) is 0 Å². The fourth-order valence-corrected chi connectivity index (χ4v) is 2.93. The van der Waals surface area contributed by atoms with Crippen LogP contribution in [0.2, 0.25) is 0 Å². The first-order valence-corrected chi connectivity index (χ1v) is 7.49. The minimum absolute atomic E-state index is 0.0349. The molecule has 0 spiro atoms. The van der Waals surface area contributed by atoms with Gasteiger partial charge in [0, 0.05) is 7.11 Å². The van der Waals surface area contributed by atoms with Crippen molar-refractivity contribution in [1.29, 1.82) is 0 Å². The van der Waals surface area contributed by atoms with Crippen LogP contribution in [-0.2, 0) is 20.9 Å². The van der Waals surface area contributed by atoms with Gasteiger partial charge in [0.05, 0.1) is 11.5 Å². The highest BCUT2D eigenvalue weighted by atomic mass is 32.2. The highest BCUT2D eigenvalue weighted by molar-refractivity contribution is 7.99. The number of ether oxygens (including phenoxy) is 1. The molecule has 106 valence electrons. The van der Waals surface area contributed by atoms with E-state index in [1.165, 1.54) is 18.2 Å². The van der Waals surface area contributed by atoms with Gasteiger partial charge in [-0.05, 0) is 12.8 Å². The minimum atomic E-state index is -0.842. The maximum Gasteiger partial charge on any atom is 0.313 e. The summed E-state index contributed by atoms with van der Waals surface area (Å²) in [6.07, 6.45) is 5.23. The summed E-state index contributed by atoms with van der Waals surface area (Å²) in [6, 6.07) is 0. The number of methoxy groups -OCH3 is 1. The lowest BCUT2D eigenvalue weighted by molar-refractivity contribution is -0.133. The van der Waals surface area contributed by atoms with Gasteiger partial charge in [-0.3, -0.25) is 4.79 Å². The number of carbonyl (C=O) groups is 1. The minimum Gasteiger partial charge on any atom is -0.481 e. The van der Waals surface area contributed by atoms with E-state index in [0.717, 1.165) is 25.7 Å². The molecule has 2 rings (SSSR count). The summed E-state index contributed by atoms with van der Waals surface area (Å²) >= 11 is 1.24. The van der Waals surface area contributed by atoms with Gasteiger partial charge in [-0.15, -0.1) is 11.8 Å². The third-order valence-corrected chi connectivity index (χ3v) is 4.28. The van der Waals surface area contributed by atoms with Gasteiger partial charge in [0.2, 0.25) is 11.7 Å². The van der Waals surface area contributed by atoms with Crippen LogP contribution >= 0.6 is 11.8 Å². The lowest BCUT2D eigenvalue weighted by Gasteiger charge is -2.32. The van der Waals surface area contributed by atoms with Crippen LogP contribution in [-0.4, -0.2) is 34.1 Å². The monoisotopic (exact) mass is 286 g/mol. The van der Waals surface area contributed by atoms with Gasteiger partial charge >= 0.3 is 5.97 Å². The van der Waals surface area contributed by atoms with E-state index in [1.807, 2.05) is 0 Å². The fraction of sp³-hybridized carbons (Fsp3) is 0.750. The average molecular weight is 286 g/mol. The van der Waals surface area contributed by atoms with Gasteiger partial charge in [0.15, 0.2) is 0 Å². The second-order valence-electron chi connectivity index (χ2n) is 4.66. The van der Waals surface area contributed by atoms with E-state index in [-0.39, 0.29) is 5.75 Å². The Morgan fingerprint density at radius 2 is 2.21 bits per heavy atom. The van der Waals surface area contributed by atoms with Gasteiger partial charge in [-0.25, -0.2) is 0 Å². The third-order valence-electron chi connectivity index (χ3n) is 3.38. The van der Waals surface area contributed by atoms with E-state index in [1.54, 1.807) is 7.11 Å². The number of thioether (sulfide) groups is 1. The molecular formula is C12H18N2O4S. The Bertz CT molecular complexity index is 429. The second-order valence-corrected chi connectivity index (χ2v) is 5.64. The van der Waals surface area contributed by atoms with Gasteiger partial charge in [-0.1, -0.05) is 24.4 Å². The van der Waals surface area contributed by atoms with Crippen molar-refractivity contribution in [3.8, 4) is 0 Å². The van der Waals surface area contributed by atoms with E-state index in [2.05, 4.69) is 10.1 Å². The summed E-state index contributed by atoms with van der Waals surface area (Å²) in [4.78, 5) is 14.8. The van der Waals surface area contributed by atoms with Crippen LogP contribution in [0.5, 0.6) is 0 Å². The lowest BCUT2D eigenvalue weighted by Crippen LogP contribution is -2.32. The fourth-order valence-electron chi connectivity index (χ4n) is 2.37. The Kier molecular flexibility index (Phi) is 4.81. The molecule has 7 heteroatoms. The molecule has 1 aliphatic rings. The largest absolute Gasteiger partial charge is 0.481 e. The van der Waals surface area contributed by atoms with Crippen LogP contribution in [0.3, 0.4) is 0 Å². The van der Waals surface area contributed by atoms with Crippen molar-refractivity contribution in [1.82, 2.24) is 10.1 Å². The Morgan fingerprint density at radius 1 is 1.47 bits per heavy atom. The second kappa shape index (κ2) is 6.38. The molecule has 1 N–H and O–H groups in total. The smallest absolute Gasteiger partial charge is 0.313 e. The molecule has 0 aliphatic heterocycles. The molecule has 1 aromatic heterocycles. The Morgan fingerprint density at radius 3 is 2.84 bits per heavy atom. The third kappa shape index (κ3) is 3.48. The molecule has 1 aromatic rings. The standard InChI is InChI=1S/C12H18N2O4S/c1-17-12(5-3-2-4-6-12)11-13-9(18-14-11)7-19-8-10(15)16/h2-8H2,1H3,(H,15,16). The molecule has 0 bridgehead atoms. The molecule has 19 heavy (non-hydrogen) atoms. The summed E-state index contributed by atoms with van der Waals surface area (Å²) in [5, 5.41) is 12.6. The number of carboxylic acids is 1. The van der Waals surface area contributed by atoms with Crippen molar-refractivity contribution < 1.29 is 19.2 Å². The predicted octanol–water partition coefficient (Wildman–Crippen LogP) is 2.19. The molecule has 0 aromatic carbocycles. The van der Waals surface area contributed by atoms with Crippen molar-refractivity contribution in [2.75, 3.05) is 12.9 Å². The van der Waals surface area contributed by atoms with E-state index in [0.29, 0.717) is 17.5 Å². The number of rotatable bonds is 6. The maximum atomic E-state index is 10.4. The van der Waals surface area contributed by atoms with Crippen LogP contribution in [0.4, 0.5) is 0 Å². The Hall–Kier alpha value is -1.08. The number of carboxylic acid groups (broad SMARTS) is 1. The molecular weight excluding hydrogens is 268 g/mol. The molecule has 0 unspecified atom stereocenters. The molecule has 0 saturated heterocycles. The highest BCUT2D eigenvalue weighted by Gasteiger charge is 2.38. The van der Waals surface area contributed by atoms with E-state index >= 15 is 0 Å². The summed E-state index contributed by atoms with van der Waals surface area (Å²) in [5.41, 5.74) is -0.419. The molecule has 1 heterocycles. The van der Waals surface area contributed by atoms with Crippen LogP contribution in [0.25, 0.3) is 0 Å². The first kappa shape index (κ1) is 14.3. The number of hydrogen-bond acceptors (Lipinski definition) is 6. The zero-order valence-electron chi connectivity index (χ0n) is 10.9. The van der Waals surface area contributed by atoms with Gasteiger partial charge in [0.1, 0.15) is 5.60 Å². The first-order valence-electron chi connectivity index (χ1n) is 6.34. The predicted molar refractivity (Wildman–Crippen MR) is 69.9 cm³/mol. The van der Waals surface area contributed by atoms with Crippen LogP contribution < -0.4 is 0 Å². The van der Waals surface area contributed by atoms with Crippen molar-refractivity contribution in [2.45, 2.75) is 43.5 Å². The van der Waals surface area contributed by atoms with Crippen molar-refractivity contribution >= 4 is 17.7 Å². The van der Waals surface area contributed by atoms with Gasteiger partial charge < -0.3 is 14.4 Å². The lowest BCUT2D eigenvalue weighted by atomic mass is 9.84. The number of aliphatic carboxylic acids is 1. The summed E-state index contributed by atoms with van der Waals surface area (Å²) in [6.45, 7) is 0. The summed E-state index contributed by atoms with van der Waals surface area (Å²) < 4.78 is 10.8. The number of nitrogens with zero attached hydrogens (tertiary/aromatic N) is 2.